The Bertz CT molecular complexity index is 635. The van der Waals surface area contributed by atoms with Gasteiger partial charge >= 0.3 is 5.97 Å². The molecule has 1 N–H and O–H groups in total. The van der Waals surface area contributed by atoms with Gasteiger partial charge in [-0.15, -0.1) is 0 Å². The van der Waals surface area contributed by atoms with Crippen LogP contribution in [0.3, 0.4) is 0 Å². The molecule has 0 aliphatic rings. The van der Waals surface area contributed by atoms with E-state index in [0.29, 0.717) is 17.9 Å². The smallest absolute Gasteiger partial charge is 0.307 e. The van der Waals surface area contributed by atoms with Gasteiger partial charge in [0.25, 0.3) is 0 Å². The minimum absolute atomic E-state index is 0.231. The van der Waals surface area contributed by atoms with Crippen LogP contribution in [0.1, 0.15) is 13.3 Å². The number of ether oxygens (including phenoxy) is 1. The molecule has 0 saturated carbocycles. The zero-order valence-corrected chi connectivity index (χ0v) is 12.2. The third-order valence-corrected chi connectivity index (χ3v) is 3.18. The van der Waals surface area contributed by atoms with Crippen molar-refractivity contribution in [1.29, 1.82) is 0 Å². The van der Waals surface area contributed by atoms with E-state index in [0.717, 1.165) is 15.6 Å². The number of carbonyl (C=O) groups is 1. The number of rotatable bonds is 4. The van der Waals surface area contributed by atoms with Crippen molar-refractivity contribution in [2.24, 2.45) is 0 Å². The Balaban J connectivity index is 2.25. The maximum Gasteiger partial charge on any atom is 0.307 e. The Morgan fingerprint density at radius 2 is 2.44 bits per heavy atom. The van der Waals surface area contributed by atoms with Crippen molar-refractivity contribution in [2.45, 2.75) is 19.9 Å². The highest BCUT2D eigenvalue weighted by Crippen LogP contribution is 2.17. The number of pyridine rings is 1. The molecule has 0 aliphatic carbocycles. The van der Waals surface area contributed by atoms with E-state index in [4.69, 9.17) is 17.0 Å². The monoisotopic (exact) mass is 329 g/mol. The highest BCUT2D eigenvalue weighted by atomic mass is 79.9. The van der Waals surface area contributed by atoms with Gasteiger partial charge in [0.15, 0.2) is 10.4 Å². The Labute approximate surface area is 117 Å². The van der Waals surface area contributed by atoms with Crippen molar-refractivity contribution in [3.8, 4) is 0 Å². The van der Waals surface area contributed by atoms with Crippen LogP contribution in [0.25, 0.3) is 11.2 Å². The molecule has 2 aromatic rings. The quantitative estimate of drug-likeness (QED) is 0.692. The first-order valence-corrected chi connectivity index (χ1v) is 6.71. The molecule has 0 bridgehead atoms. The number of hydrogen-bond donors (Lipinski definition) is 1. The average molecular weight is 330 g/mol. The van der Waals surface area contributed by atoms with E-state index in [2.05, 4.69) is 25.9 Å². The molecule has 0 aliphatic heterocycles. The normalized spacial score (nSPS) is 10.8. The summed E-state index contributed by atoms with van der Waals surface area (Å²) in [5, 5.41) is 0. The predicted octanol–water partition coefficient (Wildman–Crippen LogP) is 2.81. The van der Waals surface area contributed by atoms with Crippen LogP contribution in [0.5, 0.6) is 0 Å². The number of H-pyrrole nitrogens is 1. The summed E-state index contributed by atoms with van der Waals surface area (Å²) < 4.78 is 8.12. The van der Waals surface area contributed by atoms with Crippen LogP contribution in [0.4, 0.5) is 0 Å². The summed E-state index contributed by atoms with van der Waals surface area (Å²) in [7, 11) is 0. The topological polar surface area (TPSA) is 59.9 Å². The zero-order valence-electron chi connectivity index (χ0n) is 9.77. The average Bonchev–Trinajstić information content (AvgIpc) is 2.61. The number of imidazole rings is 1. The van der Waals surface area contributed by atoms with Gasteiger partial charge in [-0.2, -0.15) is 0 Å². The fraction of sp³-hybridized carbons (Fsp3) is 0.364. The summed E-state index contributed by atoms with van der Waals surface area (Å²) in [5.74, 6) is -0.231. The molecule has 0 radical (unpaired) electrons. The predicted molar refractivity (Wildman–Crippen MR) is 73.9 cm³/mol. The number of nitrogens with one attached hydrogen (secondary N) is 1. The van der Waals surface area contributed by atoms with Crippen molar-refractivity contribution < 1.29 is 9.53 Å². The molecule has 0 fully saturated rings. The van der Waals surface area contributed by atoms with Crippen LogP contribution in [0.2, 0.25) is 0 Å². The molecule has 5 nitrogen and oxygen atoms in total. The molecule has 2 rings (SSSR count). The van der Waals surface area contributed by atoms with E-state index < -0.39 is 0 Å². The summed E-state index contributed by atoms with van der Waals surface area (Å²) in [6.45, 7) is 2.64. The van der Waals surface area contributed by atoms with Crippen molar-refractivity contribution in [3.63, 3.8) is 0 Å². The third-order valence-electron chi connectivity index (χ3n) is 2.42. The minimum atomic E-state index is -0.231. The highest BCUT2D eigenvalue weighted by Gasteiger charge is 2.08. The molecular weight excluding hydrogens is 318 g/mol. The van der Waals surface area contributed by atoms with Crippen LogP contribution < -0.4 is 0 Å². The molecule has 0 amide bonds. The fourth-order valence-corrected chi connectivity index (χ4v) is 2.28. The van der Waals surface area contributed by atoms with E-state index in [1.54, 1.807) is 17.7 Å². The van der Waals surface area contributed by atoms with Crippen molar-refractivity contribution in [2.75, 3.05) is 6.61 Å². The first kappa shape index (κ1) is 13.2. The Morgan fingerprint density at radius 1 is 1.67 bits per heavy atom. The van der Waals surface area contributed by atoms with Crippen LogP contribution in [-0.4, -0.2) is 27.1 Å². The van der Waals surface area contributed by atoms with Gasteiger partial charge in [-0.05, 0) is 41.1 Å². The van der Waals surface area contributed by atoms with Crippen LogP contribution in [0.15, 0.2) is 16.7 Å². The summed E-state index contributed by atoms with van der Waals surface area (Å²) in [5.41, 5.74) is 1.59. The summed E-state index contributed by atoms with van der Waals surface area (Å²) in [6, 6.07) is 1.90. The second-order valence-corrected chi connectivity index (χ2v) is 4.96. The summed E-state index contributed by atoms with van der Waals surface area (Å²) in [6.07, 6.45) is 1.98. The van der Waals surface area contributed by atoms with Gasteiger partial charge in [0, 0.05) is 17.2 Å². The largest absolute Gasteiger partial charge is 0.466 e. The van der Waals surface area contributed by atoms with E-state index in [9.17, 15) is 4.79 Å². The first-order chi connectivity index (χ1) is 8.61. The van der Waals surface area contributed by atoms with Crippen molar-refractivity contribution in [3.05, 3.63) is 21.5 Å². The van der Waals surface area contributed by atoms with E-state index >= 15 is 0 Å². The van der Waals surface area contributed by atoms with Gasteiger partial charge in [-0.3, -0.25) is 4.79 Å². The maximum absolute atomic E-state index is 11.3. The maximum atomic E-state index is 11.3. The van der Waals surface area contributed by atoms with Gasteiger partial charge in [0.2, 0.25) is 0 Å². The van der Waals surface area contributed by atoms with Crippen LogP contribution >= 0.6 is 28.1 Å². The number of halogens is 1. The molecular formula is C11H12BrN3O2S. The highest BCUT2D eigenvalue weighted by molar-refractivity contribution is 9.10. The lowest BCUT2D eigenvalue weighted by Crippen LogP contribution is -2.09. The van der Waals surface area contributed by atoms with E-state index in [-0.39, 0.29) is 12.4 Å². The van der Waals surface area contributed by atoms with Gasteiger partial charge < -0.3 is 14.3 Å². The number of hydrogen-bond acceptors (Lipinski definition) is 4. The third kappa shape index (κ3) is 2.78. The zero-order chi connectivity index (χ0) is 13.1. The molecule has 2 heterocycles. The van der Waals surface area contributed by atoms with Crippen LogP contribution in [-0.2, 0) is 16.1 Å². The number of fused-ring (bicyclic) bond motifs is 1. The number of nitrogens with zero attached hydrogens (tertiary/aromatic N) is 2. The van der Waals surface area contributed by atoms with Gasteiger partial charge in [-0.25, -0.2) is 4.98 Å². The van der Waals surface area contributed by atoms with Gasteiger partial charge in [-0.1, -0.05) is 0 Å². The lowest BCUT2D eigenvalue weighted by atomic mass is 10.4. The Kier molecular flexibility index (Phi) is 4.13. The Morgan fingerprint density at radius 3 is 3.17 bits per heavy atom. The lowest BCUT2D eigenvalue weighted by molar-refractivity contribution is -0.143. The summed E-state index contributed by atoms with van der Waals surface area (Å²) in [4.78, 5) is 18.7. The molecule has 7 heteroatoms. The van der Waals surface area contributed by atoms with Gasteiger partial charge in [0.1, 0.15) is 0 Å². The molecule has 18 heavy (non-hydrogen) atoms. The molecule has 0 atom stereocenters. The number of esters is 1. The fourth-order valence-electron chi connectivity index (χ4n) is 1.66. The second-order valence-electron chi connectivity index (χ2n) is 3.66. The molecule has 96 valence electrons. The van der Waals surface area contributed by atoms with E-state index in [1.807, 2.05) is 6.07 Å². The molecule has 0 unspecified atom stereocenters. The minimum Gasteiger partial charge on any atom is -0.466 e. The van der Waals surface area contributed by atoms with E-state index in [1.165, 1.54) is 0 Å². The van der Waals surface area contributed by atoms with Crippen molar-refractivity contribution in [1.82, 2.24) is 14.5 Å². The number of carbonyl (C=O) groups excluding carboxylic acids is 1. The molecule has 2 aromatic heterocycles. The van der Waals surface area contributed by atoms with Gasteiger partial charge in [0.05, 0.1) is 18.5 Å². The summed E-state index contributed by atoms with van der Waals surface area (Å²) >= 11 is 8.56. The molecule has 0 aromatic carbocycles. The van der Waals surface area contributed by atoms with Crippen molar-refractivity contribution >= 4 is 45.3 Å². The Hall–Kier alpha value is -1.21. The standard InChI is InChI=1S/C11H12BrN3O2S/c1-2-17-9(16)3-4-15-10-8(14-11(15)18)5-7(12)6-13-10/h5-6H,2-4H2,1H3,(H,14,18). The number of aromatic amines is 1. The molecule has 0 spiro atoms. The number of aromatic nitrogens is 3. The SMILES string of the molecule is CCOC(=O)CCn1c(=S)[nH]c2cc(Br)cnc21. The second kappa shape index (κ2) is 5.62. The lowest BCUT2D eigenvalue weighted by Gasteiger charge is -2.03. The number of aryl methyl sites for hydroxylation is 1. The molecule has 0 saturated heterocycles. The van der Waals surface area contributed by atoms with Crippen LogP contribution in [0, 0.1) is 4.77 Å². The first-order valence-electron chi connectivity index (χ1n) is 5.51.